The summed E-state index contributed by atoms with van der Waals surface area (Å²) < 4.78 is 39.4. The van der Waals surface area contributed by atoms with Gasteiger partial charge in [-0.2, -0.15) is 4.31 Å². The van der Waals surface area contributed by atoms with E-state index in [9.17, 15) is 12.8 Å². The number of halogens is 1. The molecule has 0 aliphatic carbocycles. The second kappa shape index (κ2) is 5.95. The van der Waals surface area contributed by atoms with Gasteiger partial charge in [-0.05, 0) is 48.7 Å². The zero-order valence-corrected chi connectivity index (χ0v) is 13.1. The molecule has 2 rings (SSSR count). The molecule has 2 aromatic rings. The fourth-order valence-electron chi connectivity index (χ4n) is 2.09. The van der Waals surface area contributed by atoms with E-state index in [-0.39, 0.29) is 12.4 Å². The van der Waals surface area contributed by atoms with Gasteiger partial charge in [0.2, 0.25) is 10.0 Å². The van der Waals surface area contributed by atoms with Gasteiger partial charge in [-0.1, -0.05) is 24.3 Å². The molecule has 0 amide bonds. The minimum Gasteiger partial charge on any atom is -0.207 e. The average Bonchev–Trinajstić information content (AvgIpc) is 2.43. The fraction of sp³-hybridized carbons (Fsp3) is 0.250. The van der Waals surface area contributed by atoms with E-state index >= 15 is 0 Å². The van der Waals surface area contributed by atoms with Crippen LogP contribution in [0.3, 0.4) is 0 Å². The van der Waals surface area contributed by atoms with Crippen molar-refractivity contribution in [3.8, 4) is 0 Å². The maximum atomic E-state index is 12.9. The molecule has 2 aromatic carbocycles. The van der Waals surface area contributed by atoms with Crippen molar-refractivity contribution in [1.82, 2.24) is 4.31 Å². The number of hydrogen-bond acceptors (Lipinski definition) is 2. The predicted octanol–water partition coefficient (Wildman–Crippen LogP) is 3.26. The van der Waals surface area contributed by atoms with E-state index in [0.717, 1.165) is 11.1 Å². The molecular formula is C16H18FNO2S. The zero-order chi connectivity index (χ0) is 15.6. The van der Waals surface area contributed by atoms with Crippen molar-refractivity contribution in [2.24, 2.45) is 0 Å². The lowest BCUT2D eigenvalue weighted by atomic mass is 10.2. The van der Waals surface area contributed by atoms with Crippen LogP contribution in [0.25, 0.3) is 0 Å². The molecule has 0 aromatic heterocycles. The third-order valence-corrected chi connectivity index (χ3v) is 5.30. The monoisotopic (exact) mass is 307 g/mol. The van der Waals surface area contributed by atoms with Crippen LogP contribution in [0, 0.1) is 19.7 Å². The van der Waals surface area contributed by atoms with Gasteiger partial charge in [-0.15, -0.1) is 0 Å². The highest BCUT2D eigenvalue weighted by atomic mass is 32.2. The lowest BCUT2D eigenvalue weighted by Crippen LogP contribution is -2.27. The Morgan fingerprint density at radius 2 is 1.67 bits per heavy atom. The maximum Gasteiger partial charge on any atom is 0.243 e. The van der Waals surface area contributed by atoms with Gasteiger partial charge in [0.05, 0.1) is 4.90 Å². The van der Waals surface area contributed by atoms with Crippen LogP contribution < -0.4 is 0 Å². The smallest absolute Gasteiger partial charge is 0.207 e. The Balaban J connectivity index is 2.30. The van der Waals surface area contributed by atoms with Crippen molar-refractivity contribution in [2.45, 2.75) is 25.3 Å². The molecule has 0 spiro atoms. The molecule has 21 heavy (non-hydrogen) atoms. The molecule has 0 radical (unpaired) electrons. The molecule has 0 aliphatic heterocycles. The summed E-state index contributed by atoms with van der Waals surface area (Å²) in [5.41, 5.74) is 2.36. The summed E-state index contributed by atoms with van der Waals surface area (Å²) in [5.74, 6) is -0.334. The number of hydrogen-bond donors (Lipinski definition) is 0. The van der Waals surface area contributed by atoms with Gasteiger partial charge in [-0.25, -0.2) is 12.8 Å². The minimum absolute atomic E-state index is 0.204. The average molecular weight is 307 g/mol. The van der Waals surface area contributed by atoms with Gasteiger partial charge >= 0.3 is 0 Å². The number of sulfonamides is 1. The Hall–Kier alpha value is -1.72. The first-order valence-corrected chi connectivity index (χ1v) is 8.03. The summed E-state index contributed by atoms with van der Waals surface area (Å²) in [6.45, 7) is 3.84. The van der Waals surface area contributed by atoms with E-state index < -0.39 is 10.0 Å². The Bertz CT molecular complexity index is 739. The molecule has 0 bridgehead atoms. The summed E-state index contributed by atoms with van der Waals surface area (Å²) >= 11 is 0. The van der Waals surface area contributed by atoms with E-state index in [0.29, 0.717) is 10.5 Å². The second-order valence-corrected chi connectivity index (χ2v) is 7.17. The van der Waals surface area contributed by atoms with Crippen LogP contribution in [0.4, 0.5) is 4.39 Å². The molecule has 5 heteroatoms. The molecular weight excluding hydrogens is 289 g/mol. The highest BCUT2D eigenvalue weighted by Crippen LogP contribution is 2.21. The van der Waals surface area contributed by atoms with Gasteiger partial charge in [0.25, 0.3) is 0 Å². The second-order valence-electron chi connectivity index (χ2n) is 5.16. The van der Waals surface area contributed by atoms with Gasteiger partial charge in [-0.3, -0.25) is 0 Å². The van der Waals surface area contributed by atoms with Crippen LogP contribution in [0.5, 0.6) is 0 Å². The number of rotatable bonds is 4. The predicted molar refractivity (Wildman–Crippen MR) is 81.0 cm³/mol. The van der Waals surface area contributed by atoms with Gasteiger partial charge in [0.15, 0.2) is 0 Å². The molecule has 0 atom stereocenters. The normalized spacial score (nSPS) is 11.9. The van der Waals surface area contributed by atoms with Gasteiger partial charge in [0.1, 0.15) is 5.82 Å². The first kappa shape index (κ1) is 15.7. The largest absolute Gasteiger partial charge is 0.243 e. The number of nitrogens with zero attached hydrogens (tertiary/aromatic N) is 1. The molecule has 3 nitrogen and oxygen atoms in total. The molecule has 112 valence electrons. The van der Waals surface area contributed by atoms with Crippen molar-refractivity contribution >= 4 is 10.0 Å². The lowest BCUT2D eigenvalue weighted by Gasteiger charge is -2.19. The molecule has 0 fully saturated rings. The van der Waals surface area contributed by atoms with Gasteiger partial charge < -0.3 is 0 Å². The van der Waals surface area contributed by atoms with E-state index in [2.05, 4.69) is 0 Å². The summed E-state index contributed by atoms with van der Waals surface area (Å²) in [4.78, 5) is 0.312. The molecule has 0 N–H and O–H groups in total. The van der Waals surface area contributed by atoms with Crippen LogP contribution in [0.1, 0.15) is 16.7 Å². The van der Waals surface area contributed by atoms with Crippen LogP contribution in [-0.4, -0.2) is 19.8 Å². The standard InChI is InChI=1S/C16H18FNO2S/c1-12-4-5-13(2)16(10-12)21(19,20)18(3)11-14-6-8-15(17)9-7-14/h4-10H,11H2,1-3H3. The first-order valence-electron chi connectivity index (χ1n) is 6.59. The SMILES string of the molecule is Cc1ccc(C)c(S(=O)(=O)N(C)Cc2ccc(F)cc2)c1. The lowest BCUT2D eigenvalue weighted by molar-refractivity contribution is 0.466. The summed E-state index contributed by atoms with van der Waals surface area (Å²) in [6, 6.07) is 11.2. The van der Waals surface area contributed by atoms with Crippen molar-refractivity contribution < 1.29 is 12.8 Å². The van der Waals surface area contributed by atoms with Crippen LogP contribution in [-0.2, 0) is 16.6 Å². The van der Waals surface area contributed by atoms with Crippen molar-refractivity contribution in [3.05, 3.63) is 65.0 Å². The van der Waals surface area contributed by atoms with E-state index in [4.69, 9.17) is 0 Å². The van der Waals surface area contributed by atoms with Crippen LogP contribution >= 0.6 is 0 Å². The summed E-state index contributed by atoms with van der Waals surface area (Å²) in [7, 11) is -2.03. The molecule has 0 aliphatic rings. The van der Waals surface area contributed by atoms with E-state index in [1.807, 2.05) is 13.0 Å². The van der Waals surface area contributed by atoms with Crippen molar-refractivity contribution in [2.75, 3.05) is 7.05 Å². The van der Waals surface area contributed by atoms with E-state index in [1.165, 1.54) is 23.5 Å². The topological polar surface area (TPSA) is 37.4 Å². The minimum atomic E-state index is -3.56. The van der Waals surface area contributed by atoms with Gasteiger partial charge in [0, 0.05) is 13.6 Å². The Morgan fingerprint density at radius 3 is 2.29 bits per heavy atom. The quantitative estimate of drug-likeness (QED) is 0.869. The molecule has 0 unspecified atom stereocenters. The summed E-state index contributed by atoms with van der Waals surface area (Å²) in [6.07, 6.45) is 0. The Labute approximate surface area is 125 Å². The third-order valence-electron chi connectivity index (χ3n) is 3.35. The first-order chi connectivity index (χ1) is 9.80. The number of benzene rings is 2. The van der Waals surface area contributed by atoms with Crippen LogP contribution in [0.15, 0.2) is 47.4 Å². The third kappa shape index (κ3) is 3.49. The Morgan fingerprint density at radius 1 is 1.05 bits per heavy atom. The zero-order valence-electron chi connectivity index (χ0n) is 12.3. The highest BCUT2D eigenvalue weighted by molar-refractivity contribution is 7.89. The maximum absolute atomic E-state index is 12.9. The molecule has 0 heterocycles. The number of aryl methyl sites for hydroxylation is 2. The molecule has 0 saturated carbocycles. The van der Waals surface area contributed by atoms with Crippen molar-refractivity contribution in [3.63, 3.8) is 0 Å². The van der Waals surface area contributed by atoms with E-state index in [1.54, 1.807) is 31.2 Å². The van der Waals surface area contributed by atoms with Crippen LogP contribution in [0.2, 0.25) is 0 Å². The highest BCUT2D eigenvalue weighted by Gasteiger charge is 2.22. The fourth-order valence-corrected chi connectivity index (χ4v) is 3.55. The summed E-state index contributed by atoms with van der Waals surface area (Å²) in [5, 5.41) is 0. The Kier molecular flexibility index (Phi) is 4.44. The molecule has 0 saturated heterocycles. The van der Waals surface area contributed by atoms with Crippen molar-refractivity contribution in [1.29, 1.82) is 0 Å².